The van der Waals surface area contributed by atoms with E-state index < -0.39 is 17.7 Å². The minimum Gasteiger partial charge on any atom is -0.309 e. The molecule has 7 heteroatoms. The predicted molar refractivity (Wildman–Crippen MR) is 124 cm³/mol. The maximum absolute atomic E-state index is 13.6. The number of benzene rings is 2. The third-order valence-corrected chi connectivity index (χ3v) is 5.10. The number of anilines is 1. The number of fused-ring (bicyclic) bond motifs is 1. The summed E-state index contributed by atoms with van der Waals surface area (Å²) in [7, 11) is 1.68. The van der Waals surface area contributed by atoms with Crippen LogP contribution in [0.1, 0.15) is 18.2 Å². The van der Waals surface area contributed by atoms with Crippen LogP contribution in [-0.4, -0.2) is 29.0 Å². The quantitative estimate of drug-likeness (QED) is 0.456. The van der Waals surface area contributed by atoms with Crippen LogP contribution in [0.25, 0.3) is 22.0 Å². The molecule has 0 fully saturated rings. The third kappa shape index (κ3) is 5.03. The number of hydrogen-bond acceptors (Lipinski definition) is 4. The van der Waals surface area contributed by atoms with Crippen molar-refractivity contribution < 1.29 is 13.6 Å². The van der Waals surface area contributed by atoms with Crippen LogP contribution in [0.2, 0.25) is 0 Å². The van der Waals surface area contributed by atoms with Gasteiger partial charge in [0.2, 0.25) is 5.91 Å². The van der Waals surface area contributed by atoms with E-state index in [1.165, 1.54) is 0 Å². The Morgan fingerprint density at radius 2 is 1.73 bits per heavy atom. The standard InChI is InChI=1S/C26H20F2N4O/c1-16(29-2)26(33)32-25-10-8-22(20-11-12-30-23-6-4-3-5-21(20)23)24(31-25)9-7-17-13-18(27)15-19(28)14-17/h3-6,8,10-16,29H,1-2H3,(H,31,32,33). The molecule has 0 spiro atoms. The predicted octanol–water partition coefficient (Wildman–Crippen LogP) is 4.52. The highest BCUT2D eigenvalue weighted by Gasteiger charge is 2.14. The maximum Gasteiger partial charge on any atom is 0.242 e. The van der Waals surface area contributed by atoms with E-state index in [4.69, 9.17) is 0 Å². The first-order valence-corrected chi connectivity index (χ1v) is 10.3. The summed E-state index contributed by atoms with van der Waals surface area (Å²) >= 11 is 0. The molecule has 2 aromatic carbocycles. The van der Waals surface area contributed by atoms with Crippen LogP contribution in [-0.2, 0) is 4.79 Å². The molecule has 4 rings (SSSR count). The summed E-state index contributed by atoms with van der Waals surface area (Å²) in [6, 6.07) is 15.7. The molecular formula is C26H20F2N4O. The molecule has 0 saturated heterocycles. The van der Waals surface area contributed by atoms with Crippen molar-refractivity contribution >= 4 is 22.6 Å². The number of likely N-dealkylation sites (N-methyl/N-ethyl adjacent to an activating group) is 1. The average Bonchev–Trinajstić information content (AvgIpc) is 2.81. The number of carbonyl (C=O) groups is 1. The van der Waals surface area contributed by atoms with Gasteiger partial charge in [0.25, 0.3) is 0 Å². The Labute approximate surface area is 189 Å². The minimum atomic E-state index is -0.713. The lowest BCUT2D eigenvalue weighted by atomic mass is 9.99. The SMILES string of the molecule is CNC(C)C(=O)Nc1ccc(-c2ccnc3ccccc23)c(C#Cc2cc(F)cc(F)c2)n1. The molecule has 0 saturated carbocycles. The number of amides is 1. The Balaban J connectivity index is 1.84. The summed E-state index contributed by atoms with van der Waals surface area (Å²) in [4.78, 5) is 21.2. The van der Waals surface area contributed by atoms with Crippen LogP contribution in [0.15, 0.2) is 66.9 Å². The molecule has 164 valence electrons. The smallest absolute Gasteiger partial charge is 0.242 e. The number of nitrogens with zero attached hydrogens (tertiary/aromatic N) is 2. The lowest BCUT2D eigenvalue weighted by Crippen LogP contribution is -2.35. The van der Waals surface area contributed by atoms with Crippen molar-refractivity contribution in [2.75, 3.05) is 12.4 Å². The third-order valence-electron chi connectivity index (χ3n) is 5.10. The van der Waals surface area contributed by atoms with Gasteiger partial charge in [-0.3, -0.25) is 9.78 Å². The highest BCUT2D eigenvalue weighted by Crippen LogP contribution is 2.30. The van der Waals surface area contributed by atoms with Crippen molar-refractivity contribution in [1.29, 1.82) is 0 Å². The maximum atomic E-state index is 13.6. The van der Waals surface area contributed by atoms with Crippen LogP contribution in [0.4, 0.5) is 14.6 Å². The van der Waals surface area contributed by atoms with E-state index in [0.717, 1.165) is 34.7 Å². The fraction of sp³-hybridized carbons (Fsp3) is 0.115. The summed E-state index contributed by atoms with van der Waals surface area (Å²) in [6.45, 7) is 1.73. The molecule has 0 bridgehead atoms. The van der Waals surface area contributed by atoms with Gasteiger partial charge in [-0.25, -0.2) is 13.8 Å². The van der Waals surface area contributed by atoms with Crippen LogP contribution < -0.4 is 10.6 Å². The zero-order chi connectivity index (χ0) is 23.4. The highest BCUT2D eigenvalue weighted by atomic mass is 19.1. The van der Waals surface area contributed by atoms with Crippen LogP contribution in [0.3, 0.4) is 0 Å². The van der Waals surface area contributed by atoms with Crippen LogP contribution in [0.5, 0.6) is 0 Å². The average molecular weight is 442 g/mol. The van der Waals surface area contributed by atoms with Gasteiger partial charge in [0.05, 0.1) is 11.6 Å². The number of halogens is 2. The molecule has 0 radical (unpaired) electrons. The molecular weight excluding hydrogens is 422 g/mol. The molecule has 4 aromatic rings. The number of pyridine rings is 2. The van der Waals surface area contributed by atoms with E-state index in [2.05, 4.69) is 32.4 Å². The lowest BCUT2D eigenvalue weighted by Gasteiger charge is -2.13. The number of carbonyl (C=O) groups excluding carboxylic acids is 1. The molecule has 2 aromatic heterocycles. The monoisotopic (exact) mass is 442 g/mol. The second-order valence-electron chi connectivity index (χ2n) is 7.38. The molecule has 2 heterocycles. The van der Waals surface area contributed by atoms with Crippen molar-refractivity contribution in [3.63, 3.8) is 0 Å². The van der Waals surface area contributed by atoms with Gasteiger partial charge in [-0.1, -0.05) is 24.1 Å². The van der Waals surface area contributed by atoms with E-state index in [9.17, 15) is 13.6 Å². The molecule has 5 nitrogen and oxygen atoms in total. The number of rotatable bonds is 4. The van der Waals surface area contributed by atoms with Gasteiger partial charge in [0, 0.05) is 28.8 Å². The summed E-state index contributed by atoms with van der Waals surface area (Å²) in [6.07, 6.45) is 1.70. The Hall–Kier alpha value is -4.15. The Morgan fingerprint density at radius 1 is 0.970 bits per heavy atom. The first-order valence-electron chi connectivity index (χ1n) is 10.3. The van der Waals surface area contributed by atoms with Gasteiger partial charge in [-0.2, -0.15) is 0 Å². The number of nitrogens with one attached hydrogen (secondary N) is 2. The lowest BCUT2D eigenvalue weighted by molar-refractivity contribution is -0.117. The first kappa shape index (κ1) is 22.1. The second-order valence-corrected chi connectivity index (χ2v) is 7.38. The van der Waals surface area contributed by atoms with Gasteiger partial charge in [0.15, 0.2) is 0 Å². The van der Waals surface area contributed by atoms with E-state index in [1.807, 2.05) is 36.4 Å². The molecule has 1 atom stereocenters. The van der Waals surface area contributed by atoms with Gasteiger partial charge in [-0.05, 0) is 61.9 Å². The summed E-state index contributed by atoms with van der Waals surface area (Å²) in [5.41, 5.74) is 2.90. The van der Waals surface area contributed by atoms with Crippen LogP contribution >= 0.6 is 0 Å². The van der Waals surface area contributed by atoms with Crippen molar-refractivity contribution in [1.82, 2.24) is 15.3 Å². The topological polar surface area (TPSA) is 66.9 Å². The van der Waals surface area contributed by atoms with Gasteiger partial charge >= 0.3 is 0 Å². The van der Waals surface area contributed by atoms with Gasteiger partial charge in [0.1, 0.15) is 23.1 Å². The number of hydrogen-bond donors (Lipinski definition) is 2. The molecule has 0 aliphatic heterocycles. The molecule has 1 unspecified atom stereocenters. The summed E-state index contributed by atoms with van der Waals surface area (Å²) in [5, 5.41) is 6.53. The van der Waals surface area contributed by atoms with E-state index in [-0.39, 0.29) is 11.5 Å². The van der Waals surface area contributed by atoms with Crippen LogP contribution in [0, 0.1) is 23.5 Å². The Kier molecular flexibility index (Phi) is 6.38. The molecule has 2 N–H and O–H groups in total. The van der Waals surface area contributed by atoms with E-state index in [0.29, 0.717) is 17.1 Å². The zero-order valence-corrected chi connectivity index (χ0v) is 18.0. The van der Waals surface area contributed by atoms with Crippen molar-refractivity contribution in [3.8, 4) is 23.0 Å². The van der Waals surface area contributed by atoms with E-state index in [1.54, 1.807) is 26.2 Å². The highest BCUT2D eigenvalue weighted by molar-refractivity contribution is 5.97. The fourth-order valence-electron chi connectivity index (χ4n) is 3.30. The Morgan fingerprint density at radius 3 is 2.48 bits per heavy atom. The molecule has 1 amide bonds. The molecule has 0 aliphatic rings. The van der Waals surface area contributed by atoms with Crippen molar-refractivity contribution in [2.24, 2.45) is 0 Å². The number of para-hydroxylation sites is 1. The molecule has 0 aliphatic carbocycles. The number of aromatic nitrogens is 2. The zero-order valence-electron chi connectivity index (χ0n) is 18.0. The summed E-state index contributed by atoms with van der Waals surface area (Å²) < 4.78 is 27.2. The second kappa shape index (κ2) is 9.55. The Bertz CT molecular complexity index is 1380. The van der Waals surface area contributed by atoms with E-state index >= 15 is 0 Å². The largest absolute Gasteiger partial charge is 0.309 e. The minimum absolute atomic E-state index is 0.179. The van der Waals surface area contributed by atoms with Crippen molar-refractivity contribution in [2.45, 2.75) is 13.0 Å². The normalized spacial score (nSPS) is 11.5. The van der Waals surface area contributed by atoms with Crippen molar-refractivity contribution in [3.05, 3.63) is 89.8 Å². The van der Waals surface area contributed by atoms with Gasteiger partial charge in [-0.15, -0.1) is 0 Å². The molecule has 33 heavy (non-hydrogen) atoms. The first-order chi connectivity index (χ1) is 15.9. The summed E-state index contributed by atoms with van der Waals surface area (Å²) in [5.74, 6) is 4.34. The fourth-order valence-corrected chi connectivity index (χ4v) is 3.30. The van der Waals surface area contributed by atoms with Gasteiger partial charge < -0.3 is 10.6 Å².